The zero-order valence-electron chi connectivity index (χ0n) is 22.3. The number of methoxy groups -OCH3 is 1. The quantitative estimate of drug-likeness (QED) is 0.216. The second kappa shape index (κ2) is 8.47. The van der Waals surface area contributed by atoms with E-state index in [2.05, 4.69) is 137 Å². The summed E-state index contributed by atoms with van der Waals surface area (Å²) in [5, 5.41) is 7.56. The minimum atomic E-state index is 0.886. The number of ether oxygens (including phenoxy) is 1. The first-order valence-electron chi connectivity index (χ1n) is 13.8. The molecule has 4 heteroatoms. The van der Waals surface area contributed by atoms with Crippen LogP contribution in [0.3, 0.4) is 0 Å². The second-order valence-electron chi connectivity index (χ2n) is 10.6. The van der Waals surface area contributed by atoms with Crippen molar-refractivity contribution in [3.63, 3.8) is 0 Å². The van der Waals surface area contributed by atoms with Crippen LogP contribution in [-0.4, -0.2) is 16.2 Å². The maximum absolute atomic E-state index is 5.58. The van der Waals surface area contributed by atoms with Crippen LogP contribution in [0, 0.1) is 0 Å². The number of hydrogen-bond donors (Lipinski definition) is 0. The topological polar surface area (TPSA) is 19.1 Å². The highest BCUT2D eigenvalue weighted by Gasteiger charge is 2.18. The molecule has 0 radical (unpaired) electrons. The van der Waals surface area contributed by atoms with Gasteiger partial charge in [-0.25, -0.2) is 0 Å². The third-order valence-corrected chi connectivity index (χ3v) is 9.53. The molecule has 0 saturated heterocycles. The standard InChI is InChI=1S/C37H24N2OS/c1-40-25-16-18-36-30(20-25)31-21-35-29(22-37(31)41-36)28-19-24(15-17-34(28)38(35)23-9-3-2-4-10-23)39-32-13-7-5-11-26(32)27-12-6-8-14-33(27)39/h2-22H,1H3. The van der Waals surface area contributed by atoms with Gasteiger partial charge in [-0.1, -0.05) is 54.6 Å². The summed E-state index contributed by atoms with van der Waals surface area (Å²) < 4.78 is 12.9. The predicted molar refractivity (Wildman–Crippen MR) is 175 cm³/mol. The summed E-state index contributed by atoms with van der Waals surface area (Å²) >= 11 is 1.84. The van der Waals surface area contributed by atoms with Gasteiger partial charge in [0.25, 0.3) is 0 Å². The summed E-state index contributed by atoms with van der Waals surface area (Å²) in [5.41, 5.74) is 7.19. The van der Waals surface area contributed by atoms with Crippen LogP contribution in [0.4, 0.5) is 0 Å². The first-order chi connectivity index (χ1) is 20.3. The molecular formula is C37H24N2OS. The number of para-hydroxylation sites is 3. The zero-order valence-corrected chi connectivity index (χ0v) is 23.2. The van der Waals surface area contributed by atoms with Crippen molar-refractivity contribution in [1.82, 2.24) is 9.13 Å². The fourth-order valence-corrected chi connectivity index (χ4v) is 7.69. The van der Waals surface area contributed by atoms with Crippen molar-refractivity contribution >= 4 is 75.1 Å². The largest absolute Gasteiger partial charge is 0.497 e. The van der Waals surface area contributed by atoms with E-state index < -0.39 is 0 Å². The summed E-state index contributed by atoms with van der Waals surface area (Å²) in [4.78, 5) is 0. The van der Waals surface area contributed by atoms with Crippen molar-refractivity contribution in [1.29, 1.82) is 0 Å². The number of aromatic nitrogens is 2. The van der Waals surface area contributed by atoms with Crippen molar-refractivity contribution in [3.8, 4) is 17.1 Å². The number of thiophene rings is 1. The summed E-state index contributed by atoms with van der Waals surface area (Å²) in [6.07, 6.45) is 0. The van der Waals surface area contributed by atoms with Gasteiger partial charge in [0, 0.05) is 53.1 Å². The van der Waals surface area contributed by atoms with E-state index in [0.29, 0.717) is 0 Å². The van der Waals surface area contributed by atoms with Gasteiger partial charge >= 0.3 is 0 Å². The van der Waals surface area contributed by atoms with E-state index in [4.69, 9.17) is 4.74 Å². The molecule has 0 spiro atoms. The molecule has 0 aliphatic carbocycles. The van der Waals surface area contributed by atoms with Crippen molar-refractivity contribution in [3.05, 3.63) is 127 Å². The SMILES string of the molecule is COc1ccc2sc3cc4c5cc(-n6c7ccccc7c7ccccc76)ccc5n(-c5ccccc5)c4cc3c2c1. The molecule has 0 fully saturated rings. The van der Waals surface area contributed by atoms with E-state index in [9.17, 15) is 0 Å². The van der Waals surface area contributed by atoms with Gasteiger partial charge < -0.3 is 13.9 Å². The Morgan fingerprint density at radius 1 is 0.439 bits per heavy atom. The lowest BCUT2D eigenvalue weighted by molar-refractivity contribution is 0.415. The summed E-state index contributed by atoms with van der Waals surface area (Å²) in [6, 6.07) is 46.2. The first-order valence-corrected chi connectivity index (χ1v) is 14.6. The molecule has 0 amide bonds. The van der Waals surface area contributed by atoms with E-state index in [0.717, 1.165) is 11.4 Å². The molecule has 0 atom stereocenters. The lowest BCUT2D eigenvalue weighted by Gasteiger charge is -2.10. The number of hydrogen-bond acceptors (Lipinski definition) is 2. The van der Waals surface area contributed by atoms with Gasteiger partial charge in [-0.2, -0.15) is 0 Å². The Morgan fingerprint density at radius 2 is 1.07 bits per heavy atom. The van der Waals surface area contributed by atoms with Gasteiger partial charge in [0.15, 0.2) is 0 Å². The van der Waals surface area contributed by atoms with Crippen molar-refractivity contribution in [2.24, 2.45) is 0 Å². The van der Waals surface area contributed by atoms with Crippen LogP contribution in [0.15, 0.2) is 127 Å². The fourth-order valence-electron chi connectivity index (χ4n) is 6.58. The molecule has 0 unspecified atom stereocenters. The van der Waals surface area contributed by atoms with Gasteiger partial charge in [-0.15, -0.1) is 11.3 Å². The molecule has 0 aliphatic rings. The molecule has 0 aliphatic heterocycles. The Labute approximate surface area is 240 Å². The minimum absolute atomic E-state index is 0.886. The number of fused-ring (bicyclic) bond motifs is 9. The smallest absolute Gasteiger partial charge is 0.119 e. The molecule has 6 aromatic carbocycles. The Balaban J connectivity index is 1.41. The molecule has 41 heavy (non-hydrogen) atoms. The fraction of sp³-hybridized carbons (Fsp3) is 0.0270. The van der Waals surface area contributed by atoms with Crippen LogP contribution in [-0.2, 0) is 0 Å². The highest BCUT2D eigenvalue weighted by atomic mass is 32.1. The normalized spacial score (nSPS) is 12.0. The molecular weight excluding hydrogens is 520 g/mol. The average Bonchev–Trinajstić information content (AvgIpc) is 3.67. The average molecular weight is 545 g/mol. The van der Waals surface area contributed by atoms with E-state index in [-0.39, 0.29) is 0 Å². The van der Waals surface area contributed by atoms with Gasteiger partial charge in [0.1, 0.15) is 5.75 Å². The molecule has 194 valence electrons. The lowest BCUT2D eigenvalue weighted by Crippen LogP contribution is -1.95. The Hall–Kier alpha value is -5.06. The van der Waals surface area contributed by atoms with E-state index in [1.54, 1.807) is 7.11 Å². The molecule has 9 rings (SSSR count). The van der Waals surface area contributed by atoms with Gasteiger partial charge in [-0.05, 0) is 72.8 Å². The molecule has 0 saturated carbocycles. The maximum Gasteiger partial charge on any atom is 0.119 e. The maximum atomic E-state index is 5.58. The molecule has 3 nitrogen and oxygen atoms in total. The van der Waals surface area contributed by atoms with Gasteiger partial charge in [0.05, 0.1) is 29.2 Å². The zero-order chi connectivity index (χ0) is 27.1. The Morgan fingerprint density at radius 3 is 1.83 bits per heavy atom. The first kappa shape index (κ1) is 22.7. The van der Waals surface area contributed by atoms with Crippen LogP contribution < -0.4 is 4.74 Å². The third-order valence-electron chi connectivity index (χ3n) is 8.40. The molecule has 0 bridgehead atoms. The van der Waals surface area contributed by atoms with Crippen LogP contribution in [0.25, 0.3) is 75.2 Å². The molecule has 3 aromatic heterocycles. The summed E-state index contributed by atoms with van der Waals surface area (Å²) in [6.45, 7) is 0. The second-order valence-corrected chi connectivity index (χ2v) is 11.7. The van der Waals surface area contributed by atoms with Gasteiger partial charge in [0.2, 0.25) is 0 Å². The Bertz CT molecular complexity index is 2410. The van der Waals surface area contributed by atoms with Gasteiger partial charge in [-0.3, -0.25) is 0 Å². The minimum Gasteiger partial charge on any atom is -0.497 e. The van der Waals surface area contributed by atoms with E-state index in [1.807, 2.05) is 11.3 Å². The van der Waals surface area contributed by atoms with Crippen LogP contribution >= 0.6 is 11.3 Å². The van der Waals surface area contributed by atoms with Crippen LogP contribution in [0.2, 0.25) is 0 Å². The van der Waals surface area contributed by atoms with Crippen molar-refractivity contribution in [2.75, 3.05) is 7.11 Å². The van der Waals surface area contributed by atoms with Crippen LogP contribution in [0.5, 0.6) is 5.75 Å². The molecule has 9 aromatic rings. The van der Waals surface area contributed by atoms with E-state index >= 15 is 0 Å². The molecule has 3 heterocycles. The number of nitrogens with zero attached hydrogens (tertiary/aromatic N) is 2. The van der Waals surface area contributed by atoms with Crippen LogP contribution in [0.1, 0.15) is 0 Å². The highest BCUT2D eigenvalue weighted by molar-refractivity contribution is 7.25. The number of benzene rings is 6. The Kier molecular flexibility index (Phi) is 4.69. The van der Waals surface area contributed by atoms with Crippen molar-refractivity contribution in [2.45, 2.75) is 0 Å². The number of rotatable bonds is 3. The molecule has 0 N–H and O–H groups in total. The third kappa shape index (κ3) is 3.19. The lowest BCUT2D eigenvalue weighted by atomic mass is 10.1. The highest BCUT2D eigenvalue weighted by Crippen LogP contribution is 2.42. The summed E-state index contributed by atoms with van der Waals surface area (Å²) in [5.74, 6) is 0.886. The van der Waals surface area contributed by atoms with Crippen molar-refractivity contribution < 1.29 is 4.74 Å². The summed E-state index contributed by atoms with van der Waals surface area (Å²) in [7, 11) is 1.73. The monoisotopic (exact) mass is 544 g/mol. The predicted octanol–water partition coefficient (Wildman–Crippen LogP) is 10.3. The van der Waals surface area contributed by atoms with E-state index in [1.165, 1.54) is 69.5 Å².